The first kappa shape index (κ1) is 8.36. The molecular formula is C9H14ClNO. The molecule has 3 aliphatic carbocycles. The maximum Gasteiger partial charge on any atom is 0.151 e. The summed E-state index contributed by atoms with van der Waals surface area (Å²) in [7, 11) is 0. The number of fused-ring (bicyclic) bond motifs is 3. The highest BCUT2D eigenvalue weighted by Crippen LogP contribution is 2.51. The lowest BCUT2D eigenvalue weighted by Gasteiger charge is -2.45. The number of nitrogens with zero attached hydrogens (tertiary/aromatic N) is 1. The van der Waals surface area contributed by atoms with Gasteiger partial charge >= 0.3 is 0 Å². The average Bonchev–Trinajstić information content (AvgIpc) is 2.19. The van der Waals surface area contributed by atoms with E-state index in [-0.39, 0.29) is 5.41 Å². The Balaban J connectivity index is 2.19. The summed E-state index contributed by atoms with van der Waals surface area (Å²) in [5, 5.41) is 12.3. The standard InChI is InChI=1S/C9H14ClNO/c10-8(11-12)9-4-1-7(2-5-9)3-6-9/h7,12H,1-6H2/b11-8-. The van der Waals surface area contributed by atoms with Crippen molar-refractivity contribution in [2.75, 3.05) is 0 Å². The molecule has 0 atom stereocenters. The molecule has 0 saturated heterocycles. The van der Waals surface area contributed by atoms with Crippen molar-refractivity contribution in [2.45, 2.75) is 38.5 Å². The van der Waals surface area contributed by atoms with Crippen LogP contribution in [0.25, 0.3) is 0 Å². The molecule has 3 heteroatoms. The summed E-state index contributed by atoms with van der Waals surface area (Å²) in [6.45, 7) is 0. The van der Waals surface area contributed by atoms with Crippen LogP contribution < -0.4 is 0 Å². The van der Waals surface area contributed by atoms with E-state index < -0.39 is 0 Å². The van der Waals surface area contributed by atoms with E-state index in [4.69, 9.17) is 16.8 Å². The van der Waals surface area contributed by atoms with Crippen molar-refractivity contribution in [1.82, 2.24) is 0 Å². The van der Waals surface area contributed by atoms with Crippen LogP contribution in [0.15, 0.2) is 5.16 Å². The molecule has 0 amide bonds. The van der Waals surface area contributed by atoms with Gasteiger partial charge in [-0.2, -0.15) is 0 Å². The fourth-order valence-corrected chi connectivity index (χ4v) is 2.95. The molecule has 0 spiro atoms. The molecule has 12 heavy (non-hydrogen) atoms. The second-order valence-corrected chi connectivity index (χ2v) is 4.51. The largest absolute Gasteiger partial charge is 0.410 e. The van der Waals surface area contributed by atoms with E-state index in [1.165, 1.54) is 19.3 Å². The first-order valence-corrected chi connectivity index (χ1v) is 5.03. The first-order valence-electron chi connectivity index (χ1n) is 4.65. The summed E-state index contributed by atoms with van der Waals surface area (Å²) >= 11 is 5.93. The third-order valence-electron chi connectivity index (χ3n) is 3.62. The van der Waals surface area contributed by atoms with Crippen LogP contribution in [0.4, 0.5) is 0 Å². The van der Waals surface area contributed by atoms with Crippen LogP contribution in [0.2, 0.25) is 0 Å². The maximum absolute atomic E-state index is 8.66. The van der Waals surface area contributed by atoms with Crippen LogP contribution in [-0.4, -0.2) is 10.4 Å². The van der Waals surface area contributed by atoms with E-state index >= 15 is 0 Å². The highest BCUT2D eigenvalue weighted by Gasteiger charge is 2.43. The van der Waals surface area contributed by atoms with Gasteiger partial charge < -0.3 is 5.21 Å². The highest BCUT2D eigenvalue weighted by molar-refractivity contribution is 6.66. The Morgan fingerprint density at radius 3 is 2.17 bits per heavy atom. The summed E-state index contributed by atoms with van der Waals surface area (Å²) < 4.78 is 0. The Hall–Kier alpha value is -0.240. The molecule has 3 rings (SSSR count). The topological polar surface area (TPSA) is 32.6 Å². The molecule has 0 heterocycles. The van der Waals surface area contributed by atoms with Gasteiger partial charge in [0.2, 0.25) is 0 Å². The summed E-state index contributed by atoms with van der Waals surface area (Å²) in [6, 6.07) is 0. The predicted molar refractivity (Wildman–Crippen MR) is 48.7 cm³/mol. The van der Waals surface area contributed by atoms with Crippen molar-refractivity contribution in [3.05, 3.63) is 0 Å². The average molecular weight is 188 g/mol. The van der Waals surface area contributed by atoms with Crippen LogP contribution in [0.1, 0.15) is 38.5 Å². The van der Waals surface area contributed by atoms with Gasteiger partial charge in [0.1, 0.15) is 0 Å². The smallest absolute Gasteiger partial charge is 0.151 e. The van der Waals surface area contributed by atoms with Gasteiger partial charge in [-0.3, -0.25) is 0 Å². The molecule has 68 valence electrons. The minimum absolute atomic E-state index is 0.0606. The van der Waals surface area contributed by atoms with E-state index in [0.29, 0.717) is 5.17 Å². The third-order valence-corrected chi connectivity index (χ3v) is 4.10. The van der Waals surface area contributed by atoms with Gasteiger partial charge in [-0.05, 0) is 44.4 Å². The van der Waals surface area contributed by atoms with E-state index in [1.54, 1.807) is 0 Å². The van der Waals surface area contributed by atoms with Crippen molar-refractivity contribution < 1.29 is 5.21 Å². The molecule has 1 N–H and O–H groups in total. The molecule has 2 nitrogen and oxygen atoms in total. The van der Waals surface area contributed by atoms with Gasteiger partial charge in [-0.25, -0.2) is 0 Å². The molecule has 0 aromatic heterocycles. The zero-order valence-electron chi connectivity index (χ0n) is 7.09. The van der Waals surface area contributed by atoms with Gasteiger partial charge in [0.25, 0.3) is 0 Å². The van der Waals surface area contributed by atoms with Crippen molar-refractivity contribution in [2.24, 2.45) is 16.5 Å². The fraction of sp³-hybridized carbons (Fsp3) is 0.889. The zero-order chi connectivity index (χ0) is 8.60. The Kier molecular flexibility index (Phi) is 2.03. The normalized spacial score (nSPS) is 41.8. The van der Waals surface area contributed by atoms with Gasteiger partial charge in [-0.1, -0.05) is 16.8 Å². The second-order valence-electron chi connectivity index (χ2n) is 4.15. The van der Waals surface area contributed by atoms with E-state index in [2.05, 4.69) is 5.16 Å². The molecule has 3 saturated carbocycles. The Labute approximate surface area is 77.6 Å². The van der Waals surface area contributed by atoms with Gasteiger partial charge in [0.05, 0.1) is 0 Å². The third kappa shape index (κ3) is 1.13. The van der Waals surface area contributed by atoms with Crippen LogP contribution in [0.5, 0.6) is 0 Å². The van der Waals surface area contributed by atoms with Crippen molar-refractivity contribution >= 4 is 16.8 Å². The van der Waals surface area contributed by atoms with Crippen molar-refractivity contribution in [3.63, 3.8) is 0 Å². The van der Waals surface area contributed by atoms with E-state index in [9.17, 15) is 0 Å². The Morgan fingerprint density at radius 1 is 1.25 bits per heavy atom. The molecule has 0 radical (unpaired) electrons. The van der Waals surface area contributed by atoms with Crippen LogP contribution in [-0.2, 0) is 0 Å². The fourth-order valence-electron chi connectivity index (χ4n) is 2.66. The minimum Gasteiger partial charge on any atom is -0.410 e. The Morgan fingerprint density at radius 2 is 1.75 bits per heavy atom. The van der Waals surface area contributed by atoms with Crippen molar-refractivity contribution in [3.8, 4) is 0 Å². The van der Waals surface area contributed by atoms with Gasteiger partial charge in [-0.15, -0.1) is 0 Å². The number of hydrogen-bond acceptors (Lipinski definition) is 2. The SMILES string of the molecule is O/N=C(\Cl)C12CCC(CC1)CC2. The molecule has 0 unspecified atom stereocenters. The second kappa shape index (κ2) is 2.91. The summed E-state index contributed by atoms with van der Waals surface area (Å²) in [5.41, 5.74) is 0.0606. The van der Waals surface area contributed by atoms with E-state index in [0.717, 1.165) is 25.2 Å². The lowest BCUT2D eigenvalue weighted by Crippen LogP contribution is -2.38. The summed E-state index contributed by atoms with van der Waals surface area (Å²) in [5.74, 6) is 0.926. The lowest BCUT2D eigenvalue weighted by molar-refractivity contribution is 0.126. The molecule has 0 aromatic rings. The molecule has 0 aromatic carbocycles. The maximum atomic E-state index is 8.66. The molecule has 3 aliphatic rings. The number of hydrogen-bond donors (Lipinski definition) is 1. The molecular weight excluding hydrogens is 174 g/mol. The molecule has 0 aliphatic heterocycles. The predicted octanol–water partition coefficient (Wildman–Crippen LogP) is 2.98. The monoisotopic (exact) mass is 187 g/mol. The zero-order valence-corrected chi connectivity index (χ0v) is 7.85. The summed E-state index contributed by atoms with van der Waals surface area (Å²) in [6.07, 6.45) is 7.19. The summed E-state index contributed by atoms with van der Waals surface area (Å²) in [4.78, 5) is 0. The quantitative estimate of drug-likeness (QED) is 0.382. The number of halogens is 1. The van der Waals surface area contributed by atoms with Crippen LogP contribution in [0.3, 0.4) is 0 Å². The van der Waals surface area contributed by atoms with Crippen LogP contribution in [0, 0.1) is 11.3 Å². The van der Waals surface area contributed by atoms with Gasteiger partial charge in [0.15, 0.2) is 5.17 Å². The van der Waals surface area contributed by atoms with Crippen molar-refractivity contribution in [1.29, 1.82) is 0 Å². The molecule has 2 bridgehead atoms. The number of rotatable bonds is 1. The lowest BCUT2D eigenvalue weighted by atomic mass is 9.61. The molecule has 3 fully saturated rings. The van der Waals surface area contributed by atoms with Gasteiger partial charge in [0, 0.05) is 5.41 Å². The number of oxime groups is 1. The van der Waals surface area contributed by atoms with Crippen LogP contribution >= 0.6 is 11.6 Å². The highest BCUT2D eigenvalue weighted by atomic mass is 35.5. The minimum atomic E-state index is 0.0606. The Bertz CT molecular complexity index is 193. The first-order chi connectivity index (χ1) is 5.77. The van der Waals surface area contributed by atoms with E-state index in [1.807, 2.05) is 0 Å².